The summed E-state index contributed by atoms with van der Waals surface area (Å²) in [7, 11) is 0. The average Bonchev–Trinajstić information content (AvgIpc) is 2.37. The Bertz CT molecular complexity index is 590. The van der Waals surface area contributed by atoms with Gasteiger partial charge in [-0.2, -0.15) is 0 Å². The fourth-order valence-corrected chi connectivity index (χ4v) is 1.82. The summed E-state index contributed by atoms with van der Waals surface area (Å²) < 4.78 is 0. The van der Waals surface area contributed by atoms with E-state index in [1.807, 2.05) is 0 Å². The number of hydrogen-bond donors (Lipinski definition) is 1. The third kappa shape index (κ3) is 2.90. The van der Waals surface area contributed by atoms with E-state index in [4.69, 9.17) is 34.8 Å². The zero-order valence-corrected chi connectivity index (χ0v) is 11.1. The molecule has 0 spiro atoms. The van der Waals surface area contributed by atoms with Gasteiger partial charge in [0.1, 0.15) is 5.69 Å². The van der Waals surface area contributed by atoms with Crippen LogP contribution in [0.25, 0.3) is 0 Å². The Kier molecular flexibility index (Phi) is 4.01. The number of benzene rings is 1. The average molecular weight is 303 g/mol. The normalized spacial score (nSPS) is 10.2. The van der Waals surface area contributed by atoms with Gasteiger partial charge >= 0.3 is 0 Å². The molecule has 0 aliphatic rings. The second-order valence-corrected chi connectivity index (χ2v) is 4.51. The molecule has 1 aromatic carbocycles. The van der Waals surface area contributed by atoms with Crippen molar-refractivity contribution in [3.8, 4) is 0 Å². The number of anilines is 1. The van der Waals surface area contributed by atoms with E-state index in [1.54, 1.807) is 0 Å². The van der Waals surface area contributed by atoms with Crippen molar-refractivity contribution in [2.75, 3.05) is 5.32 Å². The Balaban J connectivity index is 2.25. The largest absolute Gasteiger partial charge is 0.319 e. The number of hydrogen-bond acceptors (Lipinski definition) is 3. The highest BCUT2D eigenvalue weighted by Gasteiger charge is 2.11. The summed E-state index contributed by atoms with van der Waals surface area (Å²) in [4.78, 5) is 19.5. The first kappa shape index (κ1) is 13.1. The number of rotatable bonds is 2. The summed E-state index contributed by atoms with van der Waals surface area (Å²) in [6.45, 7) is 0. The highest BCUT2D eigenvalue weighted by atomic mass is 35.5. The molecule has 0 saturated heterocycles. The molecule has 92 valence electrons. The van der Waals surface area contributed by atoms with Gasteiger partial charge in [0.2, 0.25) is 0 Å². The molecular formula is C11H6Cl3N3O. The molecular weight excluding hydrogens is 296 g/mol. The van der Waals surface area contributed by atoms with Gasteiger partial charge in [0.15, 0.2) is 0 Å². The summed E-state index contributed by atoms with van der Waals surface area (Å²) in [5.41, 5.74) is 0.543. The van der Waals surface area contributed by atoms with E-state index in [0.29, 0.717) is 20.8 Å². The van der Waals surface area contributed by atoms with E-state index in [-0.39, 0.29) is 5.69 Å². The quantitative estimate of drug-likeness (QED) is 0.861. The molecule has 0 atom stereocenters. The summed E-state index contributed by atoms with van der Waals surface area (Å²) in [6, 6.07) is 2.93. The van der Waals surface area contributed by atoms with Gasteiger partial charge in [0.25, 0.3) is 5.91 Å². The maximum Gasteiger partial charge on any atom is 0.275 e. The lowest BCUT2D eigenvalue weighted by Crippen LogP contribution is -2.14. The number of halogens is 3. The van der Waals surface area contributed by atoms with E-state index in [9.17, 15) is 4.79 Å². The molecule has 4 nitrogen and oxygen atoms in total. The molecule has 0 unspecified atom stereocenters. The summed E-state index contributed by atoms with van der Waals surface area (Å²) in [5.74, 6) is -0.427. The smallest absolute Gasteiger partial charge is 0.275 e. The first-order chi connectivity index (χ1) is 8.58. The van der Waals surface area contributed by atoms with Gasteiger partial charge in [0.05, 0.1) is 27.0 Å². The Morgan fingerprint density at radius 2 is 1.78 bits per heavy atom. The second kappa shape index (κ2) is 5.52. The predicted molar refractivity (Wildman–Crippen MR) is 71.5 cm³/mol. The topological polar surface area (TPSA) is 54.9 Å². The minimum absolute atomic E-state index is 0.180. The Hall–Kier alpha value is -1.36. The summed E-state index contributed by atoms with van der Waals surface area (Å²) >= 11 is 17.6. The lowest BCUT2D eigenvalue weighted by molar-refractivity contribution is 0.102. The van der Waals surface area contributed by atoms with E-state index >= 15 is 0 Å². The van der Waals surface area contributed by atoms with Gasteiger partial charge in [0, 0.05) is 12.4 Å². The van der Waals surface area contributed by atoms with Crippen molar-refractivity contribution in [1.29, 1.82) is 0 Å². The van der Waals surface area contributed by atoms with Gasteiger partial charge in [-0.15, -0.1) is 0 Å². The fraction of sp³-hybridized carbons (Fsp3) is 0. The van der Waals surface area contributed by atoms with E-state index < -0.39 is 5.91 Å². The van der Waals surface area contributed by atoms with Crippen LogP contribution in [0, 0.1) is 0 Å². The van der Waals surface area contributed by atoms with Gasteiger partial charge in [-0.3, -0.25) is 9.78 Å². The molecule has 7 heteroatoms. The van der Waals surface area contributed by atoms with Crippen LogP contribution in [-0.2, 0) is 0 Å². The van der Waals surface area contributed by atoms with Crippen molar-refractivity contribution in [1.82, 2.24) is 9.97 Å². The van der Waals surface area contributed by atoms with Gasteiger partial charge in [-0.1, -0.05) is 34.8 Å². The number of carbonyl (C=O) groups excluding carboxylic acids is 1. The van der Waals surface area contributed by atoms with Crippen molar-refractivity contribution in [2.24, 2.45) is 0 Å². The van der Waals surface area contributed by atoms with Gasteiger partial charge < -0.3 is 5.32 Å². The lowest BCUT2D eigenvalue weighted by atomic mass is 10.3. The molecule has 1 amide bonds. The van der Waals surface area contributed by atoms with E-state index in [2.05, 4.69) is 15.3 Å². The monoisotopic (exact) mass is 301 g/mol. The Morgan fingerprint density at radius 1 is 1.06 bits per heavy atom. The predicted octanol–water partition coefficient (Wildman–Crippen LogP) is 3.69. The standard InChI is InChI=1S/C11H6Cl3N3O/c12-6-3-8(14)9(4-7(6)13)17-11(18)10-5-15-1-2-16-10/h1-5H,(H,17,18). The third-order valence-corrected chi connectivity index (χ3v) is 3.09. The highest BCUT2D eigenvalue weighted by Crippen LogP contribution is 2.32. The summed E-state index contributed by atoms with van der Waals surface area (Å²) in [5, 5.41) is 3.49. The fourth-order valence-electron chi connectivity index (χ4n) is 1.22. The van der Waals surface area contributed by atoms with E-state index in [1.165, 1.54) is 30.7 Å². The zero-order valence-electron chi connectivity index (χ0n) is 8.82. The van der Waals surface area contributed by atoms with Gasteiger partial charge in [-0.05, 0) is 12.1 Å². The van der Waals surface area contributed by atoms with Gasteiger partial charge in [-0.25, -0.2) is 4.98 Å². The summed E-state index contributed by atoms with van der Waals surface area (Å²) in [6.07, 6.45) is 4.25. The zero-order chi connectivity index (χ0) is 13.1. The third-order valence-electron chi connectivity index (χ3n) is 2.05. The minimum Gasteiger partial charge on any atom is -0.319 e. The Morgan fingerprint density at radius 3 is 2.44 bits per heavy atom. The van der Waals surface area contributed by atoms with Crippen LogP contribution in [0.15, 0.2) is 30.7 Å². The molecule has 1 N–H and O–H groups in total. The van der Waals surface area contributed by atoms with Crippen LogP contribution in [0.5, 0.6) is 0 Å². The maximum atomic E-state index is 11.8. The molecule has 0 aliphatic carbocycles. The van der Waals surface area contributed by atoms with Crippen LogP contribution >= 0.6 is 34.8 Å². The number of amides is 1. The van der Waals surface area contributed by atoms with Crippen LogP contribution in [0.3, 0.4) is 0 Å². The Labute approximate surface area is 118 Å². The molecule has 2 rings (SSSR count). The molecule has 0 saturated carbocycles. The molecule has 0 bridgehead atoms. The van der Waals surface area contributed by atoms with Crippen LogP contribution in [-0.4, -0.2) is 15.9 Å². The number of aromatic nitrogens is 2. The lowest BCUT2D eigenvalue weighted by Gasteiger charge is -2.07. The first-order valence-corrected chi connectivity index (χ1v) is 5.93. The number of nitrogens with zero attached hydrogens (tertiary/aromatic N) is 2. The molecule has 0 aliphatic heterocycles. The van der Waals surface area contributed by atoms with Crippen LogP contribution < -0.4 is 5.32 Å². The molecule has 1 heterocycles. The van der Waals surface area contributed by atoms with E-state index in [0.717, 1.165) is 0 Å². The molecule has 18 heavy (non-hydrogen) atoms. The van der Waals surface area contributed by atoms with Crippen LogP contribution in [0.2, 0.25) is 15.1 Å². The van der Waals surface area contributed by atoms with Crippen LogP contribution in [0.4, 0.5) is 5.69 Å². The van der Waals surface area contributed by atoms with Crippen molar-refractivity contribution in [2.45, 2.75) is 0 Å². The van der Waals surface area contributed by atoms with Crippen molar-refractivity contribution in [3.05, 3.63) is 51.5 Å². The number of carbonyl (C=O) groups is 1. The molecule has 0 fully saturated rings. The van der Waals surface area contributed by atoms with Crippen LogP contribution in [0.1, 0.15) is 10.5 Å². The highest BCUT2D eigenvalue weighted by molar-refractivity contribution is 6.44. The molecule has 2 aromatic rings. The van der Waals surface area contributed by atoms with Crippen molar-refractivity contribution in [3.63, 3.8) is 0 Å². The van der Waals surface area contributed by atoms with Crippen molar-refractivity contribution >= 4 is 46.4 Å². The minimum atomic E-state index is -0.427. The first-order valence-electron chi connectivity index (χ1n) is 4.80. The second-order valence-electron chi connectivity index (χ2n) is 3.29. The van der Waals surface area contributed by atoms with Crippen molar-refractivity contribution < 1.29 is 4.79 Å². The SMILES string of the molecule is O=C(Nc1cc(Cl)c(Cl)cc1Cl)c1cnccn1. The molecule has 0 radical (unpaired) electrons. The number of nitrogens with one attached hydrogen (secondary N) is 1. The maximum absolute atomic E-state index is 11.8. The molecule has 1 aromatic heterocycles.